The zero-order chi connectivity index (χ0) is 14.5. The van der Waals surface area contributed by atoms with E-state index in [0.29, 0.717) is 19.3 Å². The molecule has 1 fully saturated rings. The number of aliphatic carboxylic acids is 1. The lowest BCUT2D eigenvalue weighted by molar-refractivity contribution is -0.143. The summed E-state index contributed by atoms with van der Waals surface area (Å²) in [6.45, 7) is 1.87. The minimum atomic E-state index is -3.57. The van der Waals surface area contributed by atoms with Crippen molar-refractivity contribution in [2.24, 2.45) is 5.92 Å². The van der Waals surface area contributed by atoms with E-state index in [1.54, 1.807) is 6.92 Å². The monoisotopic (exact) mass is 293 g/mol. The fourth-order valence-corrected chi connectivity index (χ4v) is 3.35. The summed E-state index contributed by atoms with van der Waals surface area (Å²) in [4.78, 5) is 21.8. The van der Waals surface area contributed by atoms with Crippen LogP contribution in [0.25, 0.3) is 0 Å². The van der Waals surface area contributed by atoms with Crippen LogP contribution in [0, 0.1) is 5.92 Å². The molecular formula is C11H19NO6S. The predicted octanol–water partition coefficient (Wildman–Crippen LogP) is 0.112. The van der Waals surface area contributed by atoms with E-state index < -0.39 is 27.9 Å². The minimum Gasteiger partial charge on any atom is -0.481 e. The van der Waals surface area contributed by atoms with Crippen molar-refractivity contribution in [3.8, 4) is 0 Å². The van der Waals surface area contributed by atoms with Crippen molar-refractivity contribution < 1.29 is 27.9 Å². The van der Waals surface area contributed by atoms with Gasteiger partial charge < -0.3 is 9.84 Å². The molecule has 1 aliphatic rings. The second kappa shape index (κ2) is 6.85. The van der Waals surface area contributed by atoms with E-state index in [0.717, 1.165) is 0 Å². The molecule has 1 rings (SSSR count). The van der Waals surface area contributed by atoms with Crippen LogP contribution in [0.5, 0.6) is 0 Å². The fourth-order valence-electron chi connectivity index (χ4n) is 2.08. The van der Waals surface area contributed by atoms with E-state index >= 15 is 0 Å². The number of carbonyl (C=O) groups excluding carboxylic acids is 1. The quantitative estimate of drug-likeness (QED) is 0.645. The summed E-state index contributed by atoms with van der Waals surface area (Å²) in [5, 5.41) is 8.83. The molecule has 7 nitrogen and oxygen atoms in total. The van der Waals surface area contributed by atoms with E-state index in [1.807, 2.05) is 0 Å². The lowest BCUT2D eigenvalue weighted by atomic mass is 10.1. The van der Waals surface area contributed by atoms with Crippen molar-refractivity contribution in [3.63, 3.8) is 0 Å². The van der Waals surface area contributed by atoms with Crippen LogP contribution in [0.2, 0.25) is 0 Å². The third-order valence-electron chi connectivity index (χ3n) is 3.01. The summed E-state index contributed by atoms with van der Waals surface area (Å²) >= 11 is 0. The number of rotatable bonds is 7. The second-order valence-electron chi connectivity index (χ2n) is 4.54. The third kappa shape index (κ3) is 5.56. The van der Waals surface area contributed by atoms with Gasteiger partial charge in [0.2, 0.25) is 10.0 Å². The maximum absolute atomic E-state index is 11.7. The minimum absolute atomic E-state index is 0.196. The van der Waals surface area contributed by atoms with Gasteiger partial charge in [0.05, 0.1) is 24.7 Å². The number of hydrogen-bond acceptors (Lipinski definition) is 5. The number of carboxylic acids is 1. The zero-order valence-electron chi connectivity index (χ0n) is 10.8. The molecule has 110 valence electrons. The van der Waals surface area contributed by atoms with Gasteiger partial charge in [-0.3, -0.25) is 9.59 Å². The molecule has 0 spiro atoms. The molecule has 2 atom stereocenters. The molecule has 0 aromatic rings. The standard InChI is InChI=1S/C11H19NO6S/c1-2-18-10(13)5-6-19(16,17)12-9-4-3-8(7-9)11(14)15/h8-9,12H,2-7H2,1H3,(H,14,15)/t8-,9+/m1/s1. The highest BCUT2D eigenvalue weighted by Gasteiger charge is 2.32. The first-order valence-electron chi connectivity index (χ1n) is 6.22. The first-order valence-corrected chi connectivity index (χ1v) is 7.87. The summed E-state index contributed by atoms with van der Waals surface area (Å²) in [7, 11) is -3.57. The van der Waals surface area contributed by atoms with Gasteiger partial charge in [0.25, 0.3) is 0 Å². The Morgan fingerprint density at radius 2 is 2.05 bits per heavy atom. The number of sulfonamides is 1. The van der Waals surface area contributed by atoms with Crippen molar-refractivity contribution in [2.75, 3.05) is 12.4 Å². The Morgan fingerprint density at radius 3 is 2.58 bits per heavy atom. The van der Waals surface area contributed by atoms with Gasteiger partial charge in [0, 0.05) is 6.04 Å². The van der Waals surface area contributed by atoms with Gasteiger partial charge in [0.1, 0.15) is 0 Å². The van der Waals surface area contributed by atoms with Gasteiger partial charge in [-0.05, 0) is 26.2 Å². The van der Waals surface area contributed by atoms with E-state index in [9.17, 15) is 18.0 Å². The Balaban J connectivity index is 2.39. The zero-order valence-corrected chi connectivity index (χ0v) is 11.6. The molecule has 0 aliphatic heterocycles. The molecule has 0 aromatic carbocycles. The highest BCUT2D eigenvalue weighted by Crippen LogP contribution is 2.26. The molecular weight excluding hydrogens is 274 g/mol. The van der Waals surface area contributed by atoms with Crippen LogP contribution in [-0.4, -0.2) is 43.9 Å². The first-order chi connectivity index (χ1) is 8.84. The van der Waals surface area contributed by atoms with Crippen LogP contribution in [0.15, 0.2) is 0 Å². The van der Waals surface area contributed by atoms with E-state index in [-0.39, 0.29) is 24.8 Å². The van der Waals surface area contributed by atoms with Gasteiger partial charge in [0.15, 0.2) is 0 Å². The number of ether oxygens (including phenoxy) is 1. The normalized spacial score (nSPS) is 23.2. The molecule has 19 heavy (non-hydrogen) atoms. The van der Waals surface area contributed by atoms with Crippen LogP contribution < -0.4 is 4.72 Å². The Hall–Kier alpha value is -1.15. The summed E-state index contributed by atoms with van der Waals surface area (Å²) in [6.07, 6.45) is 1.09. The van der Waals surface area contributed by atoms with Gasteiger partial charge in [-0.25, -0.2) is 13.1 Å². The first kappa shape index (κ1) is 15.9. The lowest BCUT2D eigenvalue weighted by Gasteiger charge is -2.12. The Kier molecular flexibility index (Phi) is 5.74. The van der Waals surface area contributed by atoms with Gasteiger partial charge >= 0.3 is 11.9 Å². The Labute approximate surface area is 112 Å². The van der Waals surface area contributed by atoms with E-state index in [1.165, 1.54) is 0 Å². The van der Waals surface area contributed by atoms with Crippen molar-refractivity contribution in [1.29, 1.82) is 0 Å². The molecule has 0 radical (unpaired) electrons. The van der Waals surface area contributed by atoms with Crippen molar-refractivity contribution in [2.45, 2.75) is 38.6 Å². The van der Waals surface area contributed by atoms with Crippen LogP contribution in [0.3, 0.4) is 0 Å². The van der Waals surface area contributed by atoms with Crippen LogP contribution >= 0.6 is 0 Å². The predicted molar refractivity (Wildman–Crippen MR) is 66.9 cm³/mol. The number of hydrogen-bond donors (Lipinski definition) is 2. The summed E-state index contributed by atoms with van der Waals surface area (Å²) in [5.41, 5.74) is 0. The summed E-state index contributed by atoms with van der Waals surface area (Å²) in [5.74, 6) is -2.27. The highest BCUT2D eigenvalue weighted by atomic mass is 32.2. The topological polar surface area (TPSA) is 110 Å². The molecule has 0 unspecified atom stereocenters. The average molecular weight is 293 g/mol. The molecule has 1 aliphatic carbocycles. The molecule has 0 bridgehead atoms. The van der Waals surface area contributed by atoms with E-state index in [2.05, 4.69) is 9.46 Å². The van der Waals surface area contributed by atoms with Crippen LogP contribution in [0.4, 0.5) is 0 Å². The van der Waals surface area contributed by atoms with E-state index in [4.69, 9.17) is 5.11 Å². The largest absolute Gasteiger partial charge is 0.481 e. The Bertz CT molecular complexity index is 432. The lowest BCUT2D eigenvalue weighted by Crippen LogP contribution is -2.35. The Morgan fingerprint density at radius 1 is 1.37 bits per heavy atom. The average Bonchev–Trinajstić information content (AvgIpc) is 2.75. The third-order valence-corrected chi connectivity index (χ3v) is 4.44. The van der Waals surface area contributed by atoms with Crippen molar-refractivity contribution in [1.82, 2.24) is 4.72 Å². The molecule has 0 amide bonds. The molecule has 0 heterocycles. The maximum atomic E-state index is 11.7. The van der Waals surface area contributed by atoms with Gasteiger partial charge in [-0.2, -0.15) is 0 Å². The molecule has 1 saturated carbocycles. The fraction of sp³-hybridized carbons (Fsp3) is 0.818. The molecule has 0 saturated heterocycles. The van der Waals surface area contributed by atoms with Crippen LogP contribution in [-0.2, 0) is 24.3 Å². The molecule has 0 aromatic heterocycles. The summed E-state index contributed by atoms with van der Waals surface area (Å²) in [6, 6.07) is -0.353. The van der Waals surface area contributed by atoms with Gasteiger partial charge in [-0.15, -0.1) is 0 Å². The van der Waals surface area contributed by atoms with Crippen molar-refractivity contribution in [3.05, 3.63) is 0 Å². The maximum Gasteiger partial charge on any atom is 0.306 e. The smallest absolute Gasteiger partial charge is 0.306 e. The number of esters is 1. The molecule has 8 heteroatoms. The highest BCUT2D eigenvalue weighted by molar-refractivity contribution is 7.89. The SMILES string of the molecule is CCOC(=O)CCS(=O)(=O)N[C@H]1CC[C@@H](C(=O)O)C1. The number of carboxylic acid groups (broad SMARTS) is 1. The van der Waals surface area contributed by atoms with Crippen molar-refractivity contribution >= 4 is 22.0 Å². The van der Waals surface area contributed by atoms with Gasteiger partial charge in [-0.1, -0.05) is 0 Å². The number of nitrogens with one attached hydrogen (secondary N) is 1. The number of carbonyl (C=O) groups is 2. The summed E-state index contributed by atoms with van der Waals surface area (Å²) < 4.78 is 30.5. The van der Waals surface area contributed by atoms with Crippen LogP contribution in [0.1, 0.15) is 32.6 Å². The second-order valence-corrected chi connectivity index (χ2v) is 6.41. The molecule has 2 N–H and O–H groups in total.